The molecular formula is C16H22N4O6. The van der Waals surface area contributed by atoms with Gasteiger partial charge in [0.05, 0.1) is 6.61 Å². The summed E-state index contributed by atoms with van der Waals surface area (Å²) in [6, 6.07) is 7.97. The zero-order valence-electron chi connectivity index (χ0n) is 14.4. The molecule has 4 N–H and O–H groups in total. The number of carbonyl (C=O) groups is 4. The molecule has 0 saturated heterocycles. The first-order valence-electron chi connectivity index (χ1n) is 7.79. The highest BCUT2D eigenvalue weighted by atomic mass is 16.5. The smallest absolute Gasteiger partial charge is 0.325 e. The fraction of sp³-hybridized carbons (Fsp3) is 0.375. The van der Waals surface area contributed by atoms with Crippen LogP contribution in [0.15, 0.2) is 30.3 Å². The molecular weight excluding hydrogens is 344 g/mol. The lowest BCUT2D eigenvalue weighted by atomic mass is 10.2. The van der Waals surface area contributed by atoms with Crippen molar-refractivity contribution in [1.29, 1.82) is 0 Å². The molecule has 0 unspecified atom stereocenters. The molecule has 0 radical (unpaired) electrons. The molecule has 0 fully saturated rings. The molecule has 1 rings (SSSR count). The molecule has 0 spiro atoms. The van der Waals surface area contributed by atoms with Gasteiger partial charge in [-0.15, -0.1) is 0 Å². The molecule has 26 heavy (non-hydrogen) atoms. The van der Waals surface area contributed by atoms with Crippen LogP contribution >= 0.6 is 0 Å². The van der Waals surface area contributed by atoms with Gasteiger partial charge in [-0.25, -0.2) is 9.59 Å². The SMILES string of the molecule is COCCNC(=O)NC(=O)COC(=O)CNC(=O)NCc1ccccc1. The number of amides is 5. The number of hydrogen-bond donors (Lipinski definition) is 4. The van der Waals surface area contributed by atoms with Gasteiger partial charge in [-0.05, 0) is 5.56 Å². The van der Waals surface area contributed by atoms with Crippen LogP contribution in [-0.2, 0) is 25.6 Å². The molecule has 0 aliphatic heterocycles. The fourth-order valence-electron chi connectivity index (χ4n) is 1.66. The molecule has 0 aromatic heterocycles. The lowest BCUT2D eigenvalue weighted by Gasteiger charge is -2.09. The topological polar surface area (TPSA) is 135 Å². The molecule has 1 aromatic rings. The van der Waals surface area contributed by atoms with Gasteiger partial charge in [-0.1, -0.05) is 30.3 Å². The minimum Gasteiger partial charge on any atom is -0.454 e. The van der Waals surface area contributed by atoms with Gasteiger partial charge in [-0.2, -0.15) is 0 Å². The largest absolute Gasteiger partial charge is 0.454 e. The summed E-state index contributed by atoms with van der Waals surface area (Å²) < 4.78 is 9.37. The number of carbonyl (C=O) groups excluding carboxylic acids is 4. The molecule has 10 nitrogen and oxygen atoms in total. The first-order chi connectivity index (χ1) is 12.5. The minimum absolute atomic E-state index is 0.234. The van der Waals surface area contributed by atoms with Crippen molar-refractivity contribution in [2.75, 3.05) is 33.4 Å². The standard InChI is InChI=1S/C16H22N4O6/c1-25-8-7-17-16(24)20-13(21)11-26-14(22)10-19-15(23)18-9-12-5-3-2-4-6-12/h2-6H,7-11H2,1H3,(H2,18,19,23)(H2,17,20,21,24). The summed E-state index contributed by atoms with van der Waals surface area (Å²) in [4.78, 5) is 45.7. The molecule has 142 valence electrons. The van der Waals surface area contributed by atoms with E-state index in [9.17, 15) is 19.2 Å². The van der Waals surface area contributed by atoms with E-state index in [1.54, 1.807) is 0 Å². The zero-order valence-corrected chi connectivity index (χ0v) is 14.4. The Balaban J connectivity index is 2.12. The van der Waals surface area contributed by atoms with Gasteiger partial charge in [0.15, 0.2) is 6.61 Å². The summed E-state index contributed by atoms with van der Waals surface area (Å²) in [6.45, 7) is -0.202. The highest BCUT2D eigenvalue weighted by Crippen LogP contribution is 1.96. The summed E-state index contributed by atoms with van der Waals surface area (Å²) in [5, 5.41) is 9.22. The number of rotatable bonds is 9. The Labute approximate surface area is 150 Å². The van der Waals surface area contributed by atoms with E-state index in [-0.39, 0.29) is 6.54 Å². The Kier molecular flexibility index (Phi) is 9.85. The monoisotopic (exact) mass is 366 g/mol. The second-order valence-corrected chi connectivity index (χ2v) is 4.98. The van der Waals surface area contributed by atoms with Crippen LogP contribution in [0.2, 0.25) is 0 Å². The average Bonchev–Trinajstić information content (AvgIpc) is 2.64. The van der Waals surface area contributed by atoms with Crippen LogP contribution < -0.4 is 21.3 Å². The van der Waals surface area contributed by atoms with E-state index in [0.717, 1.165) is 5.56 Å². The minimum atomic E-state index is -0.810. The van der Waals surface area contributed by atoms with Gasteiger partial charge < -0.3 is 25.4 Å². The van der Waals surface area contributed by atoms with Crippen LogP contribution in [0.5, 0.6) is 0 Å². The highest BCUT2D eigenvalue weighted by molar-refractivity contribution is 5.95. The van der Waals surface area contributed by atoms with Crippen LogP contribution in [0, 0.1) is 0 Å². The van der Waals surface area contributed by atoms with E-state index >= 15 is 0 Å². The van der Waals surface area contributed by atoms with Gasteiger partial charge in [-0.3, -0.25) is 14.9 Å². The van der Waals surface area contributed by atoms with E-state index in [0.29, 0.717) is 13.2 Å². The van der Waals surface area contributed by atoms with Crippen LogP contribution in [0.3, 0.4) is 0 Å². The van der Waals surface area contributed by atoms with Crippen molar-refractivity contribution in [3.63, 3.8) is 0 Å². The van der Waals surface area contributed by atoms with E-state index in [1.165, 1.54) is 7.11 Å². The van der Waals surface area contributed by atoms with Crippen LogP contribution in [0.4, 0.5) is 9.59 Å². The van der Waals surface area contributed by atoms with E-state index in [2.05, 4.69) is 20.7 Å². The van der Waals surface area contributed by atoms with Crippen molar-refractivity contribution in [1.82, 2.24) is 21.3 Å². The van der Waals surface area contributed by atoms with Crippen molar-refractivity contribution >= 4 is 23.9 Å². The van der Waals surface area contributed by atoms with Crippen molar-refractivity contribution in [2.45, 2.75) is 6.54 Å². The third kappa shape index (κ3) is 9.88. The Hall–Kier alpha value is -3.14. The number of hydrogen-bond acceptors (Lipinski definition) is 6. The number of urea groups is 2. The zero-order chi connectivity index (χ0) is 19.2. The van der Waals surface area contributed by atoms with E-state index < -0.39 is 37.1 Å². The Morgan fingerprint density at radius 2 is 1.69 bits per heavy atom. The maximum absolute atomic E-state index is 11.6. The normalized spacial score (nSPS) is 9.73. The number of imide groups is 1. The van der Waals surface area contributed by atoms with Crippen LogP contribution in [-0.4, -0.2) is 57.4 Å². The summed E-state index contributed by atoms with van der Waals surface area (Å²) in [7, 11) is 1.47. The lowest BCUT2D eigenvalue weighted by Crippen LogP contribution is -2.43. The maximum atomic E-state index is 11.6. The lowest BCUT2D eigenvalue weighted by molar-refractivity contribution is -0.147. The molecule has 5 amide bonds. The molecule has 0 aliphatic rings. The van der Waals surface area contributed by atoms with Crippen LogP contribution in [0.1, 0.15) is 5.56 Å². The second-order valence-electron chi connectivity index (χ2n) is 4.98. The third-order valence-corrected chi connectivity index (χ3v) is 2.90. The van der Waals surface area contributed by atoms with E-state index in [1.807, 2.05) is 35.6 Å². The predicted octanol–water partition coefficient (Wildman–Crippen LogP) is -0.499. The van der Waals surface area contributed by atoms with Crippen molar-refractivity contribution in [3.8, 4) is 0 Å². The molecule has 0 heterocycles. The summed E-state index contributed by atoms with van der Waals surface area (Å²) in [5.74, 6) is -1.60. The molecule has 0 aliphatic carbocycles. The first-order valence-corrected chi connectivity index (χ1v) is 7.79. The highest BCUT2D eigenvalue weighted by Gasteiger charge is 2.11. The molecule has 0 atom stereocenters. The Bertz CT molecular complexity index is 608. The maximum Gasteiger partial charge on any atom is 0.325 e. The number of methoxy groups -OCH3 is 1. The Morgan fingerprint density at radius 3 is 2.38 bits per heavy atom. The molecule has 1 aromatic carbocycles. The number of nitrogens with one attached hydrogen (secondary N) is 4. The molecule has 0 saturated carbocycles. The van der Waals surface area contributed by atoms with Gasteiger partial charge in [0.1, 0.15) is 6.54 Å². The quantitative estimate of drug-likeness (QED) is 0.344. The molecule has 0 bridgehead atoms. The van der Waals surface area contributed by atoms with Gasteiger partial charge >= 0.3 is 18.0 Å². The summed E-state index contributed by atoms with van der Waals surface area (Å²) in [6.07, 6.45) is 0. The number of ether oxygens (including phenoxy) is 2. The van der Waals surface area contributed by atoms with Crippen molar-refractivity contribution in [3.05, 3.63) is 35.9 Å². The van der Waals surface area contributed by atoms with Gasteiger partial charge in [0, 0.05) is 20.2 Å². The fourth-order valence-corrected chi connectivity index (χ4v) is 1.66. The molecule has 10 heteroatoms. The van der Waals surface area contributed by atoms with Crippen molar-refractivity contribution < 1.29 is 28.7 Å². The predicted molar refractivity (Wildman–Crippen MR) is 91.1 cm³/mol. The van der Waals surface area contributed by atoms with Gasteiger partial charge in [0.2, 0.25) is 0 Å². The van der Waals surface area contributed by atoms with E-state index in [4.69, 9.17) is 4.74 Å². The summed E-state index contributed by atoms with van der Waals surface area (Å²) in [5.41, 5.74) is 0.908. The first kappa shape index (κ1) is 20.9. The Morgan fingerprint density at radius 1 is 0.962 bits per heavy atom. The third-order valence-electron chi connectivity index (χ3n) is 2.90. The summed E-state index contributed by atoms with van der Waals surface area (Å²) >= 11 is 0. The number of benzene rings is 1. The average molecular weight is 366 g/mol. The second kappa shape index (κ2) is 12.3. The number of esters is 1. The van der Waals surface area contributed by atoms with Crippen molar-refractivity contribution in [2.24, 2.45) is 0 Å². The van der Waals surface area contributed by atoms with Gasteiger partial charge in [0.25, 0.3) is 5.91 Å². The van der Waals surface area contributed by atoms with Crippen LogP contribution in [0.25, 0.3) is 0 Å².